The van der Waals surface area contributed by atoms with E-state index in [-0.39, 0.29) is 0 Å². The van der Waals surface area contributed by atoms with Crippen LogP contribution in [0.2, 0.25) is 0 Å². The molecule has 0 fully saturated rings. The molecule has 0 radical (unpaired) electrons. The van der Waals surface area contributed by atoms with E-state index in [9.17, 15) is 0 Å². The third-order valence-corrected chi connectivity index (χ3v) is 3.17. The Hall–Kier alpha value is -2.76. The predicted molar refractivity (Wildman–Crippen MR) is 75.2 cm³/mol. The van der Waals surface area contributed by atoms with Crippen LogP contribution in [0.25, 0.3) is 22.5 Å². The number of nitrogens with one attached hydrogen (secondary N) is 1. The molecule has 0 saturated heterocycles. The fourth-order valence-corrected chi connectivity index (χ4v) is 2.18. The molecule has 0 unspecified atom stereocenters. The fraction of sp³-hybridized carbons (Fsp3) is 0.143. The van der Waals surface area contributed by atoms with Crippen molar-refractivity contribution in [2.75, 3.05) is 12.8 Å². The van der Waals surface area contributed by atoms with Crippen LogP contribution < -0.4 is 10.5 Å². The van der Waals surface area contributed by atoms with Crippen LogP contribution >= 0.6 is 0 Å². The molecule has 0 atom stereocenters. The van der Waals surface area contributed by atoms with Crippen LogP contribution in [0, 0.1) is 6.92 Å². The second-order valence-corrected chi connectivity index (χ2v) is 4.38. The highest BCUT2D eigenvalue weighted by Crippen LogP contribution is 2.41. The Morgan fingerprint density at radius 1 is 1.25 bits per heavy atom. The topological polar surface area (TPSA) is 90.0 Å². The van der Waals surface area contributed by atoms with Crippen LogP contribution in [0.5, 0.6) is 5.75 Å². The lowest BCUT2D eigenvalue weighted by Crippen LogP contribution is -1.92. The molecule has 6 nitrogen and oxygen atoms in total. The zero-order valence-corrected chi connectivity index (χ0v) is 11.2. The first-order chi connectivity index (χ1) is 9.72. The highest BCUT2D eigenvalue weighted by molar-refractivity contribution is 5.89. The molecule has 0 bridgehead atoms. The van der Waals surface area contributed by atoms with E-state index >= 15 is 0 Å². The van der Waals surface area contributed by atoms with Crippen molar-refractivity contribution in [3.63, 3.8) is 0 Å². The standard InChI is InChI=1S/C14H14N4O2/c1-8-10(7-16-17-8)13-12(14(15)18-20-13)9-5-3-4-6-11(9)19-2/h3-7H,1-2H3,(H2,15,18)(H,16,17). The molecule has 2 aromatic heterocycles. The molecule has 0 aliphatic rings. The number of rotatable bonds is 3. The Bertz CT molecular complexity index is 745. The number of nitrogen functional groups attached to an aromatic ring is 1. The number of hydrogen-bond donors (Lipinski definition) is 2. The van der Waals surface area contributed by atoms with Gasteiger partial charge in [0, 0.05) is 11.3 Å². The minimum Gasteiger partial charge on any atom is -0.496 e. The number of aromatic amines is 1. The molecule has 0 amide bonds. The molecule has 102 valence electrons. The molecule has 0 aliphatic heterocycles. The number of ether oxygens (including phenoxy) is 1. The molecule has 1 aromatic carbocycles. The van der Waals surface area contributed by atoms with E-state index < -0.39 is 0 Å². The highest BCUT2D eigenvalue weighted by Gasteiger charge is 2.22. The van der Waals surface area contributed by atoms with Crippen LogP contribution in [0.1, 0.15) is 5.69 Å². The first-order valence-electron chi connectivity index (χ1n) is 6.11. The molecule has 3 aromatic rings. The summed E-state index contributed by atoms with van der Waals surface area (Å²) in [5.41, 5.74) is 9.23. The van der Waals surface area contributed by atoms with Gasteiger partial charge in [0.15, 0.2) is 11.6 Å². The minimum absolute atomic E-state index is 0.324. The summed E-state index contributed by atoms with van der Waals surface area (Å²) in [6.45, 7) is 1.91. The van der Waals surface area contributed by atoms with Crippen molar-refractivity contribution in [3.8, 4) is 28.2 Å². The summed E-state index contributed by atoms with van der Waals surface area (Å²) in [6.07, 6.45) is 1.69. The van der Waals surface area contributed by atoms with Crippen molar-refractivity contribution >= 4 is 5.82 Å². The molecule has 3 N–H and O–H groups in total. The number of anilines is 1. The number of nitrogens with two attached hydrogens (primary N) is 1. The van der Waals surface area contributed by atoms with Crippen molar-refractivity contribution < 1.29 is 9.26 Å². The largest absolute Gasteiger partial charge is 0.496 e. The van der Waals surface area contributed by atoms with E-state index in [1.54, 1.807) is 13.3 Å². The van der Waals surface area contributed by atoms with Crippen LogP contribution in [-0.2, 0) is 0 Å². The van der Waals surface area contributed by atoms with Crippen LogP contribution in [0.3, 0.4) is 0 Å². The maximum atomic E-state index is 5.96. The third-order valence-electron chi connectivity index (χ3n) is 3.17. The monoisotopic (exact) mass is 270 g/mol. The van der Waals surface area contributed by atoms with Crippen LogP contribution in [0.4, 0.5) is 5.82 Å². The van der Waals surface area contributed by atoms with E-state index in [1.165, 1.54) is 0 Å². The minimum atomic E-state index is 0.324. The number of H-pyrrole nitrogens is 1. The summed E-state index contributed by atoms with van der Waals surface area (Å²) in [7, 11) is 1.62. The Morgan fingerprint density at radius 2 is 2.05 bits per heavy atom. The van der Waals surface area contributed by atoms with Gasteiger partial charge in [-0.15, -0.1) is 0 Å². The molecule has 0 aliphatic carbocycles. The van der Waals surface area contributed by atoms with Crippen molar-refractivity contribution in [2.45, 2.75) is 6.92 Å². The van der Waals surface area contributed by atoms with E-state index in [0.717, 1.165) is 16.8 Å². The molecule has 6 heteroatoms. The normalized spacial score (nSPS) is 10.7. The lowest BCUT2D eigenvalue weighted by Gasteiger charge is -2.08. The maximum absolute atomic E-state index is 5.96. The van der Waals surface area contributed by atoms with Gasteiger partial charge in [-0.3, -0.25) is 5.10 Å². The molecule has 3 rings (SSSR count). The molecule has 0 saturated carbocycles. The third kappa shape index (κ3) is 1.82. The average Bonchev–Trinajstić information content (AvgIpc) is 3.04. The van der Waals surface area contributed by atoms with Crippen molar-refractivity contribution in [3.05, 3.63) is 36.2 Å². The number of aryl methyl sites for hydroxylation is 1. The predicted octanol–water partition coefficient (Wildman–Crippen LogP) is 2.63. The highest BCUT2D eigenvalue weighted by atomic mass is 16.5. The zero-order valence-electron chi connectivity index (χ0n) is 11.2. The van der Waals surface area contributed by atoms with Gasteiger partial charge < -0.3 is 15.0 Å². The van der Waals surface area contributed by atoms with Gasteiger partial charge in [-0.1, -0.05) is 23.4 Å². The number of benzene rings is 1. The van der Waals surface area contributed by atoms with Gasteiger partial charge in [0.05, 0.1) is 24.4 Å². The molecular formula is C14H14N4O2. The number of aromatic nitrogens is 3. The summed E-state index contributed by atoms with van der Waals surface area (Å²) < 4.78 is 10.8. The molecule has 20 heavy (non-hydrogen) atoms. The summed E-state index contributed by atoms with van der Waals surface area (Å²) in [6, 6.07) is 7.60. The Labute approximate surface area is 115 Å². The summed E-state index contributed by atoms with van der Waals surface area (Å²) >= 11 is 0. The van der Waals surface area contributed by atoms with Crippen LogP contribution in [0.15, 0.2) is 35.0 Å². The molecule has 0 spiro atoms. The van der Waals surface area contributed by atoms with Gasteiger partial charge in [-0.2, -0.15) is 5.10 Å². The fourth-order valence-electron chi connectivity index (χ4n) is 2.18. The Balaban J connectivity index is 2.25. The summed E-state index contributed by atoms with van der Waals surface area (Å²) in [5, 5.41) is 10.7. The van der Waals surface area contributed by atoms with Gasteiger partial charge in [0.2, 0.25) is 0 Å². The number of methoxy groups -OCH3 is 1. The van der Waals surface area contributed by atoms with Gasteiger partial charge in [-0.25, -0.2) is 0 Å². The second kappa shape index (κ2) is 4.73. The first kappa shape index (κ1) is 12.3. The zero-order chi connectivity index (χ0) is 14.1. The lowest BCUT2D eigenvalue weighted by atomic mass is 10.0. The van der Waals surface area contributed by atoms with Gasteiger partial charge >= 0.3 is 0 Å². The molecular weight excluding hydrogens is 256 g/mol. The van der Waals surface area contributed by atoms with E-state index in [4.69, 9.17) is 15.0 Å². The molecule has 2 heterocycles. The number of para-hydroxylation sites is 1. The van der Waals surface area contributed by atoms with Gasteiger partial charge in [0.25, 0.3) is 0 Å². The van der Waals surface area contributed by atoms with E-state index in [0.29, 0.717) is 22.9 Å². The van der Waals surface area contributed by atoms with E-state index in [2.05, 4.69) is 15.4 Å². The second-order valence-electron chi connectivity index (χ2n) is 4.38. The van der Waals surface area contributed by atoms with Crippen molar-refractivity contribution in [1.82, 2.24) is 15.4 Å². The first-order valence-corrected chi connectivity index (χ1v) is 6.11. The van der Waals surface area contributed by atoms with Crippen molar-refractivity contribution in [2.24, 2.45) is 0 Å². The summed E-state index contributed by atoms with van der Waals surface area (Å²) in [4.78, 5) is 0. The average molecular weight is 270 g/mol. The van der Waals surface area contributed by atoms with Crippen molar-refractivity contribution in [1.29, 1.82) is 0 Å². The summed E-state index contributed by atoms with van der Waals surface area (Å²) in [5.74, 6) is 1.62. The quantitative estimate of drug-likeness (QED) is 0.763. The van der Waals surface area contributed by atoms with E-state index in [1.807, 2.05) is 31.2 Å². The Kier molecular flexibility index (Phi) is 2.90. The van der Waals surface area contributed by atoms with Crippen LogP contribution in [-0.4, -0.2) is 22.5 Å². The van der Waals surface area contributed by atoms with Gasteiger partial charge in [0.1, 0.15) is 5.75 Å². The lowest BCUT2D eigenvalue weighted by molar-refractivity contribution is 0.416. The number of hydrogen-bond acceptors (Lipinski definition) is 5. The SMILES string of the molecule is COc1ccccc1-c1c(N)noc1-c1cn[nH]c1C. The smallest absolute Gasteiger partial charge is 0.180 e. The van der Waals surface area contributed by atoms with Gasteiger partial charge in [-0.05, 0) is 13.0 Å². The number of nitrogens with zero attached hydrogens (tertiary/aromatic N) is 2. The Morgan fingerprint density at radius 3 is 2.75 bits per heavy atom. The maximum Gasteiger partial charge on any atom is 0.180 e.